The van der Waals surface area contributed by atoms with Crippen molar-refractivity contribution in [1.82, 2.24) is 9.55 Å². The van der Waals surface area contributed by atoms with E-state index in [2.05, 4.69) is 4.98 Å². The Bertz CT molecular complexity index is 538. The van der Waals surface area contributed by atoms with Crippen molar-refractivity contribution in [2.24, 2.45) is 7.05 Å². The first kappa shape index (κ1) is 9.65. The van der Waals surface area contributed by atoms with E-state index in [9.17, 15) is 4.79 Å². The number of aromatic nitrogens is 2. The van der Waals surface area contributed by atoms with Gasteiger partial charge in [-0.15, -0.1) is 0 Å². The molecule has 1 aromatic heterocycles. The summed E-state index contributed by atoms with van der Waals surface area (Å²) in [7, 11) is 1.96. The largest absolute Gasteiger partial charge is 0.334 e. The number of aryl methyl sites for hydroxylation is 1. The normalized spacial score (nSPS) is 11.3. The van der Waals surface area contributed by atoms with Crippen molar-refractivity contribution in [2.45, 2.75) is 6.92 Å². The average molecular weight is 200 g/mol. The van der Waals surface area contributed by atoms with Gasteiger partial charge in [0.05, 0.1) is 17.4 Å². The van der Waals surface area contributed by atoms with Crippen LogP contribution in [0.5, 0.6) is 0 Å². The van der Waals surface area contributed by atoms with Gasteiger partial charge in [0.2, 0.25) is 0 Å². The van der Waals surface area contributed by atoms with Crippen molar-refractivity contribution < 1.29 is 4.79 Å². The van der Waals surface area contributed by atoms with Gasteiger partial charge in [-0.3, -0.25) is 4.79 Å². The van der Waals surface area contributed by atoms with Gasteiger partial charge in [-0.25, -0.2) is 4.98 Å². The number of carbonyl (C=O) groups excluding carboxylic acids is 1. The highest BCUT2D eigenvalue weighted by Crippen LogP contribution is 2.14. The molecule has 0 bridgehead atoms. The summed E-state index contributed by atoms with van der Waals surface area (Å²) in [5.74, 6) is 0.0520. The van der Waals surface area contributed by atoms with Crippen LogP contribution in [0.3, 0.4) is 0 Å². The van der Waals surface area contributed by atoms with Gasteiger partial charge in [-0.1, -0.05) is 12.1 Å². The van der Waals surface area contributed by atoms with Crippen LogP contribution in [0.15, 0.2) is 30.6 Å². The first-order valence-electron chi connectivity index (χ1n) is 4.76. The van der Waals surface area contributed by atoms with Crippen molar-refractivity contribution in [1.29, 1.82) is 0 Å². The summed E-state index contributed by atoms with van der Waals surface area (Å²) in [6.45, 7) is 1.54. The standard InChI is InChI=1S/C12H12N2O/c1-9(15)3-4-10-5-6-12-11(7-10)13-8-14(12)2/h3-8H,1-2H3/b4-3+. The number of ketones is 1. The monoisotopic (exact) mass is 200 g/mol. The number of allylic oxidation sites excluding steroid dienone is 1. The van der Waals surface area contributed by atoms with Gasteiger partial charge in [0.1, 0.15) is 0 Å². The highest BCUT2D eigenvalue weighted by molar-refractivity contribution is 5.92. The molecule has 0 saturated heterocycles. The van der Waals surface area contributed by atoms with E-state index in [1.54, 1.807) is 18.5 Å². The molecule has 3 heteroatoms. The third-order valence-corrected chi connectivity index (χ3v) is 2.26. The number of carbonyl (C=O) groups is 1. The predicted molar refractivity (Wildman–Crippen MR) is 60.4 cm³/mol. The molecule has 0 fully saturated rings. The molecule has 0 aliphatic rings. The lowest BCUT2D eigenvalue weighted by Crippen LogP contribution is -1.84. The third-order valence-electron chi connectivity index (χ3n) is 2.26. The molecule has 0 saturated carbocycles. The molecule has 2 rings (SSSR count). The smallest absolute Gasteiger partial charge is 0.152 e. The Morgan fingerprint density at radius 1 is 1.47 bits per heavy atom. The molecule has 0 aliphatic carbocycles. The van der Waals surface area contributed by atoms with Crippen LogP contribution in [0, 0.1) is 0 Å². The quantitative estimate of drug-likeness (QED) is 0.696. The SMILES string of the molecule is CC(=O)/C=C/c1ccc2c(c1)ncn2C. The molecule has 0 radical (unpaired) electrons. The van der Waals surface area contributed by atoms with Gasteiger partial charge in [0.25, 0.3) is 0 Å². The first-order valence-corrected chi connectivity index (χ1v) is 4.76. The van der Waals surface area contributed by atoms with Crippen molar-refractivity contribution in [2.75, 3.05) is 0 Å². The van der Waals surface area contributed by atoms with Crippen LogP contribution < -0.4 is 0 Å². The molecule has 1 aromatic carbocycles. The Labute approximate surface area is 88.0 Å². The molecule has 15 heavy (non-hydrogen) atoms. The molecule has 2 aromatic rings. The van der Waals surface area contributed by atoms with Crippen LogP contribution in [0.1, 0.15) is 12.5 Å². The van der Waals surface area contributed by atoms with Crippen LogP contribution in [0.4, 0.5) is 0 Å². The van der Waals surface area contributed by atoms with Crippen molar-refractivity contribution in [3.8, 4) is 0 Å². The maximum atomic E-state index is 10.8. The van der Waals surface area contributed by atoms with Gasteiger partial charge in [-0.2, -0.15) is 0 Å². The highest BCUT2D eigenvalue weighted by atomic mass is 16.1. The minimum absolute atomic E-state index is 0.0520. The summed E-state index contributed by atoms with van der Waals surface area (Å²) < 4.78 is 1.97. The van der Waals surface area contributed by atoms with E-state index < -0.39 is 0 Å². The number of hydrogen-bond acceptors (Lipinski definition) is 2. The predicted octanol–water partition coefficient (Wildman–Crippen LogP) is 2.18. The van der Waals surface area contributed by atoms with Gasteiger partial charge in [0.15, 0.2) is 5.78 Å². The molecule has 0 unspecified atom stereocenters. The minimum Gasteiger partial charge on any atom is -0.334 e. The zero-order valence-electron chi connectivity index (χ0n) is 8.77. The van der Waals surface area contributed by atoms with E-state index in [0.29, 0.717) is 0 Å². The lowest BCUT2D eigenvalue weighted by molar-refractivity contribution is -0.112. The molecular formula is C12H12N2O. The van der Waals surface area contributed by atoms with Crippen molar-refractivity contribution in [3.63, 3.8) is 0 Å². The maximum absolute atomic E-state index is 10.8. The van der Waals surface area contributed by atoms with Gasteiger partial charge < -0.3 is 4.57 Å². The summed E-state index contributed by atoms with van der Waals surface area (Å²) in [5.41, 5.74) is 3.04. The van der Waals surface area contributed by atoms with E-state index in [-0.39, 0.29) is 5.78 Å². The lowest BCUT2D eigenvalue weighted by Gasteiger charge is -1.95. The Morgan fingerprint density at radius 3 is 3.00 bits per heavy atom. The van der Waals surface area contributed by atoms with Crippen molar-refractivity contribution in [3.05, 3.63) is 36.2 Å². The van der Waals surface area contributed by atoms with Crippen LogP contribution >= 0.6 is 0 Å². The molecule has 76 valence electrons. The Hall–Kier alpha value is -1.90. The number of rotatable bonds is 2. The highest BCUT2D eigenvalue weighted by Gasteiger charge is 1.98. The first-order chi connectivity index (χ1) is 7.16. The third kappa shape index (κ3) is 1.96. The lowest BCUT2D eigenvalue weighted by atomic mass is 10.2. The molecule has 0 atom stereocenters. The minimum atomic E-state index is 0.0520. The molecular weight excluding hydrogens is 188 g/mol. The summed E-state index contributed by atoms with van der Waals surface area (Å²) in [5, 5.41) is 0. The summed E-state index contributed by atoms with van der Waals surface area (Å²) in [6.07, 6.45) is 5.14. The number of benzene rings is 1. The fraction of sp³-hybridized carbons (Fsp3) is 0.167. The summed E-state index contributed by atoms with van der Waals surface area (Å²) >= 11 is 0. The Balaban J connectivity index is 2.43. The molecule has 0 aliphatic heterocycles. The average Bonchev–Trinajstić information content (AvgIpc) is 2.57. The van der Waals surface area contributed by atoms with Gasteiger partial charge in [-0.05, 0) is 30.7 Å². The molecule has 0 amide bonds. The Kier molecular flexibility index (Phi) is 2.37. The molecule has 0 N–H and O–H groups in total. The van der Waals surface area contributed by atoms with Crippen LogP contribution in [-0.4, -0.2) is 15.3 Å². The number of nitrogens with zero attached hydrogens (tertiary/aromatic N) is 2. The summed E-state index contributed by atoms with van der Waals surface area (Å²) in [4.78, 5) is 15.0. The zero-order valence-corrected chi connectivity index (χ0v) is 8.77. The zero-order chi connectivity index (χ0) is 10.8. The van der Waals surface area contributed by atoms with Crippen LogP contribution in [0.25, 0.3) is 17.1 Å². The fourth-order valence-electron chi connectivity index (χ4n) is 1.47. The number of imidazole rings is 1. The van der Waals surface area contributed by atoms with Gasteiger partial charge in [0, 0.05) is 7.05 Å². The van der Waals surface area contributed by atoms with E-state index in [1.165, 1.54) is 6.92 Å². The van der Waals surface area contributed by atoms with E-state index >= 15 is 0 Å². The molecule has 3 nitrogen and oxygen atoms in total. The maximum Gasteiger partial charge on any atom is 0.152 e. The van der Waals surface area contributed by atoms with E-state index in [0.717, 1.165) is 16.6 Å². The second-order valence-electron chi connectivity index (χ2n) is 3.55. The second kappa shape index (κ2) is 3.69. The molecule has 1 heterocycles. The molecule has 0 spiro atoms. The van der Waals surface area contributed by atoms with Crippen LogP contribution in [0.2, 0.25) is 0 Å². The number of fused-ring (bicyclic) bond motifs is 1. The fourth-order valence-corrected chi connectivity index (χ4v) is 1.47. The van der Waals surface area contributed by atoms with Crippen molar-refractivity contribution >= 4 is 22.9 Å². The summed E-state index contributed by atoms with van der Waals surface area (Å²) in [6, 6.07) is 5.94. The second-order valence-corrected chi connectivity index (χ2v) is 3.55. The van der Waals surface area contributed by atoms with E-state index in [1.807, 2.05) is 29.8 Å². The van der Waals surface area contributed by atoms with Crippen LogP contribution in [-0.2, 0) is 11.8 Å². The van der Waals surface area contributed by atoms with Gasteiger partial charge >= 0.3 is 0 Å². The van der Waals surface area contributed by atoms with E-state index in [4.69, 9.17) is 0 Å². The Morgan fingerprint density at radius 2 is 2.27 bits per heavy atom. The topological polar surface area (TPSA) is 34.9 Å². The number of hydrogen-bond donors (Lipinski definition) is 0.